The highest BCUT2D eigenvalue weighted by atomic mass is 32.2. The van der Waals surface area contributed by atoms with Crippen LogP contribution in [0.5, 0.6) is 0 Å². The molecule has 1 atom stereocenters. The lowest BCUT2D eigenvalue weighted by atomic mass is 10.1. The molecule has 0 saturated carbocycles. The van der Waals surface area contributed by atoms with Crippen molar-refractivity contribution in [3.8, 4) is 0 Å². The minimum atomic E-state index is -3.36. The van der Waals surface area contributed by atoms with Crippen LogP contribution in [0.4, 0.5) is 0 Å². The third-order valence-corrected chi connectivity index (χ3v) is 4.68. The van der Waals surface area contributed by atoms with Gasteiger partial charge in [0.1, 0.15) is 0 Å². The zero-order valence-corrected chi connectivity index (χ0v) is 12.3. The molecule has 0 spiro atoms. The molecule has 1 saturated heterocycles. The molecule has 0 aromatic heterocycles. The summed E-state index contributed by atoms with van der Waals surface area (Å²) in [5, 5.41) is 11.5. The maximum atomic E-state index is 11.9. The van der Waals surface area contributed by atoms with Gasteiger partial charge in [0.05, 0.1) is 11.9 Å². The number of sulfonamides is 1. The minimum absolute atomic E-state index is 0.00476. The van der Waals surface area contributed by atoms with Gasteiger partial charge in [0.15, 0.2) is 5.84 Å². The number of nitrogens with two attached hydrogens (primary N) is 1. The third kappa shape index (κ3) is 4.69. The highest BCUT2D eigenvalue weighted by Gasteiger charge is 2.22. The van der Waals surface area contributed by atoms with Crippen molar-refractivity contribution in [2.24, 2.45) is 10.9 Å². The van der Waals surface area contributed by atoms with Gasteiger partial charge in [-0.1, -0.05) is 29.4 Å². The number of benzene rings is 1. The quantitative estimate of drug-likeness (QED) is 0.304. The van der Waals surface area contributed by atoms with Gasteiger partial charge >= 0.3 is 0 Å². The fraction of sp³-hybridized carbons (Fsp3) is 0.462. The fourth-order valence-corrected chi connectivity index (χ4v) is 3.38. The van der Waals surface area contributed by atoms with Gasteiger partial charge in [-0.15, -0.1) is 0 Å². The molecule has 0 amide bonds. The van der Waals surface area contributed by atoms with E-state index >= 15 is 0 Å². The lowest BCUT2D eigenvalue weighted by Crippen LogP contribution is -2.31. The largest absolute Gasteiger partial charge is 0.409 e. The predicted octanol–water partition coefficient (Wildman–Crippen LogP) is 0.379. The molecule has 1 aromatic carbocycles. The molecule has 1 aliphatic rings. The highest BCUT2D eigenvalue weighted by Crippen LogP contribution is 2.13. The molecular weight excluding hydrogens is 294 g/mol. The lowest BCUT2D eigenvalue weighted by Gasteiger charge is -2.11. The molecule has 8 heteroatoms. The molecule has 21 heavy (non-hydrogen) atoms. The predicted molar refractivity (Wildman–Crippen MR) is 78.6 cm³/mol. The maximum absolute atomic E-state index is 11.9. The van der Waals surface area contributed by atoms with E-state index in [-0.39, 0.29) is 24.2 Å². The second-order valence-electron chi connectivity index (χ2n) is 4.92. The maximum Gasteiger partial charge on any atom is 0.214 e. The second kappa shape index (κ2) is 6.88. The van der Waals surface area contributed by atoms with Crippen LogP contribution in [0.2, 0.25) is 0 Å². The van der Waals surface area contributed by atoms with Gasteiger partial charge in [0.2, 0.25) is 10.0 Å². The van der Waals surface area contributed by atoms with Gasteiger partial charge in [-0.05, 0) is 18.4 Å². The monoisotopic (exact) mass is 313 g/mol. The summed E-state index contributed by atoms with van der Waals surface area (Å²) in [5.41, 5.74) is 6.82. The molecule has 1 aliphatic heterocycles. The number of rotatable bonds is 6. The standard InChI is InChI=1S/C13H19N3O4S/c14-13(16-17)11-5-3-10(4-6-11)8-15-21(18,19)9-12-2-1-7-20-12/h3-6,12,15,17H,1-2,7-9H2,(H2,14,16). The van der Waals surface area contributed by atoms with E-state index in [1.807, 2.05) is 0 Å². The summed E-state index contributed by atoms with van der Waals surface area (Å²) in [6.45, 7) is 0.834. The van der Waals surface area contributed by atoms with Crippen LogP contribution < -0.4 is 10.5 Å². The summed E-state index contributed by atoms with van der Waals surface area (Å²) in [7, 11) is -3.36. The zero-order chi connectivity index (χ0) is 15.3. The molecular formula is C13H19N3O4S. The van der Waals surface area contributed by atoms with Crippen molar-refractivity contribution in [3.05, 3.63) is 35.4 Å². The first kappa shape index (κ1) is 15.7. The van der Waals surface area contributed by atoms with Crippen LogP contribution in [0.1, 0.15) is 24.0 Å². The molecule has 1 aromatic rings. The Hall–Kier alpha value is -1.64. The van der Waals surface area contributed by atoms with E-state index in [0.717, 1.165) is 18.4 Å². The van der Waals surface area contributed by atoms with Crippen molar-refractivity contribution in [1.29, 1.82) is 0 Å². The number of nitrogens with one attached hydrogen (secondary N) is 1. The average Bonchev–Trinajstić information content (AvgIpc) is 2.97. The summed E-state index contributed by atoms with van der Waals surface area (Å²) in [6, 6.07) is 6.78. The molecule has 2 rings (SSSR count). The van der Waals surface area contributed by atoms with Crippen LogP contribution in [0, 0.1) is 0 Å². The molecule has 0 bridgehead atoms. The van der Waals surface area contributed by atoms with Crippen LogP contribution in [-0.2, 0) is 21.3 Å². The minimum Gasteiger partial charge on any atom is -0.409 e. The van der Waals surface area contributed by atoms with Crippen LogP contribution in [0.25, 0.3) is 0 Å². The number of amidine groups is 1. The van der Waals surface area contributed by atoms with E-state index in [1.165, 1.54) is 0 Å². The van der Waals surface area contributed by atoms with Crippen molar-refractivity contribution in [2.75, 3.05) is 12.4 Å². The second-order valence-corrected chi connectivity index (χ2v) is 6.77. The van der Waals surface area contributed by atoms with E-state index in [4.69, 9.17) is 15.7 Å². The van der Waals surface area contributed by atoms with E-state index < -0.39 is 10.0 Å². The number of nitrogens with zero attached hydrogens (tertiary/aromatic N) is 1. The molecule has 116 valence electrons. The highest BCUT2D eigenvalue weighted by molar-refractivity contribution is 7.89. The Morgan fingerprint density at radius 1 is 1.43 bits per heavy atom. The van der Waals surface area contributed by atoms with Crippen molar-refractivity contribution in [3.63, 3.8) is 0 Å². The van der Waals surface area contributed by atoms with Gasteiger partial charge in [-0.2, -0.15) is 0 Å². The van der Waals surface area contributed by atoms with Gasteiger partial charge in [-0.25, -0.2) is 13.1 Å². The van der Waals surface area contributed by atoms with E-state index in [9.17, 15) is 8.42 Å². The molecule has 0 radical (unpaired) electrons. The van der Waals surface area contributed by atoms with Crippen LogP contribution in [0.15, 0.2) is 29.4 Å². The van der Waals surface area contributed by atoms with Crippen LogP contribution in [0.3, 0.4) is 0 Å². The Labute approximate surface area is 123 Å². The molecule has 0 aliphatic carbocycles. The van der Waals surface area contributed by atoms with E-state index in [0.29, 0.717) is 12.2 Å². The topological polar surface area (TPSA) is 114 Å². The summed E-state index contributed by atoms with van der Waals surface area (Å²) in [4.78, 5) is 0. The summed E-state index contributed by atoms with van der Waals surface area (Å²) < 4.78 is 31.7. The first-order chi connectivity index (χ1) is 10.00. The Morgan fingerprint density at radius 3 is 2.71 bits per heavy atom. The Bertz CT molecular complexity index is 592. The van der Waals surface area contributed by atoms with Crippen molar-refractivity contribution in [2.45, 2.75) is 25.5 Å². The summed E-state index contributed by atoms with van der Waals surface area (Å²) >= 11 is 0. The smallest absolute Gasteiger partial charge is 0.214 e. The molecule has 1 fully saturated rings. The van der Waals surface area contributed by atoms with E-state index in [1.54, 1.807) is 24.3 Å². The van der Waals surface area contributed by atoms with Gasteiger partial charge in [0, 0.05) is 18.7 Å². The number of ether oxygens (including phenoxy) is 1. The Balaban J connectivity index is 1.89. The normalized spacial score (nSPS) is 19.8. The summed E-state index contributed by atoms with van der Waals surface area (Å²) in [5.74, 6) is 0.00960. The van der Waals surface area contributed by atoms with Gasteiger partial charge in [-0.3, -0.25) is 0 Å². The number of hydrogen-bond donors (Lipinski definition) is 3. The first-order valence-corrected chi connectivity index (χ1v) is 8.31. The zero-order valence-electron chi connectivity index (χ0n) is 11.5. The van der Waals surface area contributed by atoms with Crippen LogP contribution >= 0.6 is 0 Å². The number of oxime groups is 1. The molecule has 1 unspecified atom stereocenters. The Kier molecular flexibility index (Phi) is 5.16. The Morgan fingerprint density at radius 2 is 2.14 bits per heavy atom. The molecule has 7 nitrogen and oxygen atoms in total. The van der Waals surface area contributed by atoms with Gasteiger partial charge in [0.25, 0.3) is 0 Å². The van der Waals surface area contributed by atoms with E-state index in [2.05, 4.69) is 9.88 Å². The first-order valence-electron chi connectivity index (χ1n) is 6.66. The van der Waals surface area contributed by atoms with Crippen molar-refractivity contribution < 1.29 is 18.4 Å². The van der Waals surface area contributed by atoms with Crippen molar-refractivity contribution >= 4 is 15.9 Å². The fourth-order valence-electron chi connectivity index (χ4n) is 2.12. The molecule has 1 heterocycles. The molecule has 4 N–H and O–H groups in total. The SMILES string of the molecule is NC(=NO)c1ccc(CNS(=O)(=O)CC2CCCO2)cc1. The average molecular weight is 313 g/mol. The van der Waals surface area contributed by atoms with Gasteiger partial charge < -0.3 is 15.7 Å². The number of hydrogen-bond acceptors (Lipinski definition) is 5. The summed E-state index contributed by atoms with van der Waals surface area (Å²) in [6.07, 6.45) is 1.50. The lowest BCUT2D eigenvalue weighted by molar-refractivity contribution is 0.127. The van der Waals surface area contributed by atoms with Crippen molar-refractivity contribution in [1.82, 2.24) is 4.72 Å². The third-order valence-electron chi connectivity index (χ3n) is 3.28. The van der Waals surface area contributed by atoms with Crippen LogP contribution in [-0.4, -0.2) is 37.9 Å².